The molecule has 3 aromatic rings. The molecule has 0 aromatic carbocycles. The second-order valence-corrected chi connectivity index (χ2v) is 6.27. The number of ether oxygens (including phenoxy) is 1. The van der Waals surface area contributed by atoms with Crippen LogP contribution in [0.4, 0.5) is 0 Å². The minimum atomic E-state index is -0.0772. The van der Waals surface area contributed by atoms with Gasteiger partial charge in [-0.15, -0.1) is 0 Å². The minimum Gasteiger partial charge on any atom is -0.492 e. The molecule has 0 unspecified atom stereocenters. The highest BCUT2D eigenvalue weighted by Gasteiger charge is 2.27. The van der Waals surface area contributed by atoms with Crippen LogP contribution in [0.15, 0.2) is 61.2 Å². The zero-order valence-corrected chi connectivity index (χ0v) is 14.2. The van der Waals surface area contributed by atoms with Gasteiger partial charge in [0.1, 0.15) is 11.4 Å². The van der Waals surface area contributed by atoms with E-state index < -0.39 is 0 Å². The third kappa shape index (κ3) is 3.56. The Balaban J connectivity index is 1.53. The summed E-state index contributed by atoms with van der Waals surface area (Å²) in [5.41, 5.74) is 1.46. The number of rotatable bonds is 4. The molecule has 1 aliphatic heterocycles. The van der Waals surface area contributed by atoms with E-state index in [4.69, 9.17) is 4.74 Å². The van der Waals surface area contributed by atoms with Crippen LogP contribution in [-0.4, -0.2) is 43.7 Å². The molecule has 132 valence electrons. The molecule has 0 aliphatic carbocycles. The highest BCUT2D eigenvalue weighted by atomic mass is 16.5. The lowest BCUT2D eigenvalue weighted by Gasteiger charge is -2.24. The Morgan fingerprint density at radius 3 is 2.88 bits per heavy atom. The van der Waals surface area contributed by atoms with Crippen molar-refractivity contribution in [2.24, 2.45) is 5.92 Å². The molecule has 1 aliphatic rings. The van der Waals surface area contributed by atoms with E-state index in [1.807, 2.05) is 33.8 Å². The average Bonchev–Trinajstić information content (AvgIpc) is 3.05. The van der Waals surface area contributed by atoms with E-state index in [0.29, 0.717) is 31.9 Å². The SMILES string of the molecule is O=C(c1ccccn1)N1Cc2ccnn2C[C@H](COc2cccnc2)C1. The number of hydrogen-bond donors (Lipinski definition) is 0. The summed E-state index contributed by atoms with van der Waals surface area (Å²) in [6, 6.07) is 11.0. The maximum Gasteiger partial charge on any atom is 0.272 e. The molecule has 7 heteroatoms. The first kappa shape index (κ1) is 16.3. The minimum absolute atomic E-state index is 0.0772. The van der Waals surface area contributed by atoms with Crippen LogP contribution in [0.2, 0.25) is 0 Å². The third-order valence-electron chi connectivity index (χ3n) is 4.36. The molecule has 1 amide bonds. The number of aromatic nitrogens is 4. The van der Waals surface area contributed by atoms with Crippen molar-refractivity contribution in [2.45, 2.75) is 13.1 Å². The zero-order chi connectivity index (χ0) is 17.8. The second kappa shape index (κ2) is 7.35. The number of hydrogen-bond acceptors (Lipinski definition) is 5. The number of carbonyl (C=O) groups is 1. The molecule has 7 nitrogen and oxygen atoms in total. The Kier molecular flexibility index (Phi) is 4.59. The van der Waals surface area contributed by atoms with Crippen molar-refractivity contribution >= 4 is 5.91 Å². The van der Waals surface area contributed by atoms with Crippen LogP contribution >= 0.6 is 0 Å². The van der Waals surface area contributed by atoms with Crippen molar-refractivity contribution in [2.75, 3.05) is 13.2 Å². The maximum atomic E-state index is 12.9. The molecule has 26 heavy (non-hydrogen) atoms. The standard InChI is InChI=1S/C19H19N5O2/c25-19(18-5-1-2-8-21-18)23-11-15(12-24-16(13-23)6-9-22-24)14-26-17-4-3-7-20-10-17/h1-10,15H,11-14H2/t15-/m1/s1. The molecule has 0 radical (unpaired) electrons. The summed E-state index contributed by atoms with van der Waals surface area (Å²) < 4.78 is 7.82. The van der Waals surface area contributed by atoms with Crippen molar-refractivity contribution < 1.29 is 9.53 Å². The van der Waals surface area contributed by atoms with Gasteiger partial charge in [0.2, 0.25) is 0 Å². The van der Waals surface area contributed by atoms with E-state index in [0.717, 1.165) is 11.4 Å². The Hall–Kier alpha value is -3.22. The fraction of sp³-hybridized carbons (Fsp3) is 0.263. The summed E-state index contributed by atoms with van der Waals surface area (Å²) in [4.78, 5) is 23.0. The summed E-state index contributed by atoms with van der Waals surface area (Å²) >= 11 is 0. The molecule has 3 aromatic heterocycles. The molecule has 0 N–H and O–H groups in total. The Morgan fingerprint density at radius 1 is 1.12 bits per heavy atom. The predicted molar refractivity (Wildman–Crippen MR) is 94.4 cm³/mol. The molecule has 4 heterocycles. The van der Waals surface area contributed by atoms with E-state index in [1.54, 1.807) is 36.9 Å². The molecule has 0 fully saturated rings. The molecule has 0 spiro atoms. The van der Waals surface area contributed by atoms with E-state index in [9.17, 15) is 4.79 Å². The van der Waals surface area contributed by atoms with Crippen molar-refractivity contribution in [1.82, 2.24) is 24.6 Å². The van der Waals surface area contributed by atoms with Gasteiger partial charge in [-0.25, -0.2) is 0 Å². The van der Waals surface area contributed by atoms with Gasteiger partial charge in [-0.2, -0.15) is 5.10 Å². The summed E-state index contributed by atoms with van der Waals surface area (Å²) in [6.07, 6.45) is 6.80. The summed E-state index contributed by atoms with van der Waals surface area (Å²) in [5.74, 6) is 0.760. The van der Waals surface area contributed by atoms with E-state index in [1.165, 1.54) is 0 Å². The molecule has 0 saturated carbocycles. The lowest BCUT2D eigenvalue weighted by atomic mass is 10.1. The maximum absolute atomic E-state index is 12.9. The van der Waals surface area contributed by atoms with Gasteiger partial charge in [0.05, 0.1) is 25.0 Å². The highest BCUT2D eigenvalue weighted by molar-refractivity contribution is 5.92. The predicted octanol–water partition coefficient (Wildman–Crippen LogP) is 2.02. The number of carbonyl (C=O) groups excluding carboxylic acids is 1. The monoisotopic (exact) mass is 349 g/mol. The molecule has 1 atom stereocenters. The number of fused-ring (bicyclic) bond motifs is 1. The summed E-state index contributed by atoms with van der Waals surface area (Å²) in [5, 5.41) is 4.38. The molecular weight excluding hydrogens is 330 g/mol. The number of pyridine rings is 2. The topological polar surface area (TPSA) is 73.1 Å². The lowest BCUT2D eigenvalue weighted by molar-refractivity contribution is 0.0695. The van der Waals surface area contributed by atoms with Gasteiger partial charge in [-0.3, -0.25) is 19.4 Å². The van der Waals surface area contributed by atoms with Crippen molar-refractivity contribution in [3.63, 3.8) is 0 Å². The van der Waals surface area contributed by atoms with Crippen LogP contribution in [0, 0.1) is 5.92 Å². The first-order valence-electron chi connectivity index (χ1n) is 8.53. The molecular formula is C19H19N5O2. The summed E-state index contributed by atoms with van der Waals surface area (Å²) in [7, 11) is 0. The highest BCUT2D eigenvalue weighted by Crippen LogP contribution is 2.19. The van der Waals surface area contributed by atoms with Gasteiger partial charge >= 0.3 is 0 Å². The van der Waals surface area contributed by atoms with Gasteiger partial charge in [-0.05, 0) is 30.3 Å². The average molecular weight is 349 g/mol. The van der Waals surface area contributed by atoms with Crippen LogP contribution in [0.5, 0.6) is 5.75 Å². The largest absolute Gasteiger partial charge is 0.492 e. The fourth-order valence-electron chi connectivity index (χ4n) is 3.09. The fourth-order valence-corrected chi connectivity index (χ4v) is 3.09. The van der Waals surface area contributed by atoms with Crippen LogP contribution < -0.4 is 4.74 Å². The molecule has 0 bridgehead atoms. The third-order valence-corrected chi connectivity index (χ3v) is 4.36. The smallest absolute Gasteiger partial charge is 0.272 e. The molecule has 0 saturated heterocycles. The summed E-state index contributed by atoms with van der Waals surface area (Å²) in [6.45, 7) is 2.28. The first-order chi connectivity index (χ1) is 12.8. The van der Waals surface area contributed by atoms with Crippen LogP contribution in [0.3, 0.4) is 0 Å². The van der Waals surface area contributed by atoms with Crippen molar-refractivity contribution in [3.05, 3.63) is 72.6 Å². The van der Waals surface area contributed by atoms with Crippen LogP contribution in [-0.2, 0) is 13.1 Å². The van der Waals surface area contributed by atoms with Crippen LogP contribution in [0.25, 0.3) is 0 Å². The quantitative estimate of drug-likeness (QED) is 0.720. The van der Waals surface area contributed by atoms with Gasteiger partial charge in [-0.1, -0.05) is 6.07 Å². The Labute approximate surface area is 151 Å². The van der Waals surface area contributed by atoms with Gasteiger partial charge < -0.3 is 9.64 Å². The first-order valence-corrected chi connectivity index (χ1v) is 8.53. The van der Waals surface area contributed by atoms with Crippen LogP contribution in [0.1, 0.15) is 16.2 Å². The van der Waals surface area contributed by atoms with E-state index in [2.05, 4.69) is 15.1 Å². The van der Waals surface area contributed by atoms with Crippen molar-refractivity contribution in [3.8, 4) is 5.75 Å². The number of amides is 1. The van der Waals surface area contributed by atoms with E-state index in [-0.39, 0.29) is 11.8 Å². The Bertz CT molecular complexity index is 866. The van der Waals surface area contributed by atoms with E-state index >= 15 is 0 Å². The molecule has 4 rings (SSSR count). The number of nitrogens with zero attached hydrogens (tertiary/aromatic N) is 5. The van der Waals surface area contributed by atoms with Gasteiger partial charge in [0, 0.05) is 37.6 Å². The van der Waals surface area contributed by atoms with Crippen molar-refractivity contribution in [1.29, 1.82) is 0 Å². The van der Waals surface area contributed by atoms with Gasteiger partial charge in [0.15, 0.2) is 0 Å². The lowest BCUT2D eigenvalue weighted by Crippen LogP contribution is -2.36. The van der Waals surface area contributed by atoms with Gasteiger partial charge in [0.25, 0.3) is 5.91 Å². The zero-order valence-electron chi connectivity index (χ0n) is 14.2. The normalized spacial score (nSPS) is 16.6. The second-order valence-electron chi connectivity index (χ2n) is 6.27. The Morgan fingerprint density at radius 2 is 2.08 bits per heavy atom.